The maximum Gasteiger partial charge on any atom is 0.318 e. The van der Waals surface area contributed by atoms with Gasteiger partial charge in [0.25, 0.3) is 0 Å². The van der Waals surface area contributed by atoms with Crippen LogP contribution in [-0.2, 0) is 19.2 Å². The topological polar surface area (TPSA) is 109 Å². The predicted octanol–water partition coefficient (Wildman–Crippen LogP) is 2.44. The number of hydrogen-bond donors (Lipinski definition) is 2. The summed E-state index contributed by atoms with van der Waals surface area (Å²) in [6.07, 6.45) is 1.48. The number of unbranched alkanes of at least 4 members (excludes halogenated alkanes) is 2. The Balaban J connectivity index is 3.57. The van der Waals surface area contributed by atoms with Gasteiger partial charge in [-0.1, -0.05) is 39.5 Å². The third-order valence-electron chi connectivity index (χ3n) is 4.80. The van der Waals surface area contributed by atoms with Gasteiger partial charge in [0.05, 0.1) is 0 Å². The Morgan fingerprint density at radius 2 is 1.18 bits per heavy atom. The van der Waals surface area contributed by atoms with E-state index in [1.165, 1.54) is 0 Å². The molecule has 1 aliphatic rings. The van der Waals surface area contributed by atoms with Gasteiger partial charge in [-0.2, -0.15) is 0 Å². The van der Waals surface area contributed by atoms with Crippen molar-refractivity contribution in [1.29, 1.82) is 0 Å². The van der Waals surface area contributed by atoms with E-state index in [2.05, 4.69) is 0 Å². The molecule has 0 amide bonds. The number of Topliss-reactive ketones (excluding diaryl/α,β-unsaturated/α-hetero) is 2. The molecule has 0 heterocycles. The summed E-state index contributed by atoms with van der Waals surface area (Å²) >= 11 is 0. The van der Waals surface area contributed by atoms with E-state index in [0.29, 0.717) is 25.7 Å². The fourth-order valence-corrected chi connectivity index (χ4v) is 3.54. The lowest BCUT2D eigenvalue weighted by Crippen LogP contribution is -2.63. The van der Waals surface area contributed by atoms with Crippen LogP contribution in [0.5, 0.6) is 0 Å². The highest BCUT2D eigenvalue weighted by Gasteiger charge is 2.69. The molecular formula is C16H24O6. The van der Waals surface area contributed by atoms with Crippen molar-refractivity contribution in [3.05, 3.63) is 0 Å². The fourth-order valence-electron chi connectivity index (χ4n) is 3.54. The molecule has 6 nitrogen and oxygen atoms in total. The van der Waals surface area contributed by atoms with Crippen LogP contribution in [-0.4, -0.2) is 33.7 Å². The van der Waals surface area contributed by atoms with E-state index < -0.39 is 34.3 Å². The van der Waals surface area contributed by atoms with Crippen molar-refractivity contribution in [2.75, 3.05) is 0 Å². The van der Waals surface area contributed by atoms with Crippen LogP contribution in [0.4, 0.5) is 0 Å². The first-order valence-corrected chi connectivity index (χ1v) is 7.84. The summed E-state index contributed by atoms with van der Waals surface area (Å²) in [7, 11) is 0. The minimum absolute atomic E-state index is 0.0978. The number of carboxylic acid groups (broad SMARTS) is 2. The van der Waals surface area contributed by atoms with Crippen molar-refractivity contribution < 1.29 is 29.4 Å². The van der Waals surface area contributed by atoms with Crippen LogP contribution in [0, 0.1) is 10.8 Å². The summed E-state index contributed by atoms with van der Waals surface area (Å²) < 4.78 is 0. The smallest absolute Gasteiger partial charge is 0.318 e. The largest absolute Gasteiger partial charge is 0.480 e. The van der Waals surface area contributed by atoms with Crippen molar-refractivity contribution in [1.82, 2.24) is 0 Å². The maximum atomic E-state index is 12.5. The first-order chi connectivity index (χ1) is 10.3. The SMILES string of the molecule is CCCCC1(C(=O)O)C(=O)CCC(=O)C1(CCCC)C(=O)O. The van der Waals surface area contributed by atoms with Gasteiger partial charge < -0.3 is 10.2 Å². The van der Waals surface area contributed by atoms with E-state index >= 15 is 0 Å². The van der Waals surface area contributed by atoms with Crippen LogP contribution in [0.25, 0.3) is 0 Å². The molecule has 2 N–H and O–H groups in total. The molecule has 1 saturated carbocycles. The molecule has 0 aromatic carbocycles. The molecule has 1 fully saturated rings. The molecule has 2 unspecified atom stereocenters. The Kier molecular flexibility index (Phi) is 5.85. The van der Waals surface area contributed by atoms with Crippen LogP contribution < -0.4 is 0 Å². The van der Waals surface area contributed by atoms with Gasteiger partial charge in [-0.15, -0.1) is 0 Å². The molecule has 0 radical (unpaired) electrons. The number of carbonyl (C=O) groups is 4. The van der Waals surface area contributed by atoms with Crippen LogP contribution in [0.2, 0.25) is 0 Å². The molecule has 22 heavy (non-hydrogen) atoms. The van der Waals surface area contributed by atoms with Crippen LogP contribution in [0.15, 0.2) is 0 Å². The standard InChI is InChI=1S/C16H24O6/c1-3-5-9-15(13(19)20)11(17)7-8-12(18)16(15,14(21)22)10-6-4-2/h3-10H2,1-2H3,(H,19,20)(H,21,22). The number of rotatable bonds is 8. The molecule has 0 bridgehead atoms. The van der Waals surface area contributed by atoms with Crippen molar-refractivity contribution in [2.24, 2.45) is 10.8 Å². The molecule has 6 heteroatoms. The number of carbonyl (C=O) groups excluding carboxylic acids is 2. The monoisotopic (exact) mass is 312 g/mol. The summed E-state index contributed by atoms with van der Waals surface area (Å²) in [4.78, 5) is 49.0. The zero-order chi connectivity index (χ0) is 17.0. The Morgan fingerprint density at radius 3 is 1.41 bits per heavy atom. The van der Waals surface area contributed by atoms with Gasteiger partial charge in [-0.3, -0.25) is 19.2 Å². The van der Waals surface area contributed by atoms with E-state index in [4.69, 9.17) is 0 Å². The van der Waals surface area contributed by atoms with E-state index in [-0.39, 0.29) is 25.7 Å². The second-order valence-electron chi connectivity index (χ2n) is 5.97. The molecule has 0 aromatic rings. The third-order valence-corrected chi connectivity index (χ3v) is 4.80. The average Bonchev–Trinajstić information content (AvgIpc) is 2.46. The number of aliphatic carboxylic acids is 2. The van der Waals surface area contributed by atoms with Gasteiger partial charge in [0.2, 0.25) is 0 Å². The summed E-state index contributed by atoms with van der Waals surface area (Å²) in [6, 6.07) is 0. The van der Waals surface area contributed by atoms with Crippen molar-refractivity contribution >= 4 is 23.5 Å². The molecule has 0 spiro atoms. The fraction of sp³-hybridized carbons (Fsp3) is 0.750. The van der Waals surface area contributed by atoms with Crippen molar-refractivity contribution in [3.8, 4) is 0 Å². The second kappa shape index (κ2) is 7.03. The minimum atomic E-state index is -2.13. The Bertz CT molecular complexity index is 439. The van der Waals surface area contributed by atoms with Gasteiger partial charge in [-0.05, 0) is 12.8 Å². The summed E-state index contributed by atoms with van der Waals surface area (Å²) in [5.74, 6) is -4.19. The number of carboxylic acids is 2. The van der Waals surface area contributed by atoms with Crippen molar-refractivity contribution in [2.45, 2.75) is 65.2 Å². The molecule has 0 aliphatic heterocycles. The van der Waals surface area contributed by atoms with Crippen LogP contribution in [0.3, 0.4) is 0 Å². The Hall–Kier alpha value is -1.72. The normalized spacial score (nSPS) is 28.6. The molecule has 0 aromatic heterocycles. The molecule has 1 aliphatic carbocycles. The third kappa shape index (κ3) is 2.55. The molecular weight excluding hydrogens is 288 g/mol. The first kappa shape index (κ1) is 18.3. The zero-order valence-corrected chi connectivity index (χ0v) is 13.2. The van der Waals surface area contributed by atoms with Gasteiger partial charge in [0, 0.05) is 12.8 Å². The zero-order valence-electron chi connectivity index (χ0n) is 13.2. The summed E-state index contributed by atoms with van der Waals surface area (Å²) in [5, 5.41) is 19.5. The predicted molar refractivity (Wildman–Crippen MR) is 78.4 cm³/mol. The van der Waals surface area contributed by atoms with Gasteiger partial charge in [0.1, 0.15) is 10.8 Å². The molecule has 0 saturated heterocycles. The lowest BCUT2D eigenvalue weighted by atomic mass is 9.51. The van der Waals surface area contributed by atoms with E-state index in [9.17, 15) is 29.4 Å². The average molecular weight is 312 g/mol. The maximum absolute atomic E-state index is 12.5. The van der Waals surface area contributed by atoms with Crippen LogP contribution >= 0.6 is 0 Å². The van der Waals surface area contributed by atoms with E-state index in [1.807, 2.05) is 13.8 Å². The Labute approximate surface area is 129 Å². The highest BCUT2D eigenvalue weighted by Crippen LogP contribution is 2.53. The highest BCUT2D eigenvalue weighted by molar-refractivity contribution is 6.20. The van der Waals surface area contributed by atoms with E-state index in [0.717, 1.165) is 0 Å². The van der Waals surface area contributed by atoms with Crippen LogP contribution in [0.1, 0.15) is 65.2 Å². The minimum Gasteiger partial charge on any atom is -0.480 e. The van der Waals surface area contributed by atoms with Gasteiger partial charge >= 0.3 is 11.9 Å². The molecule has 1 rings (SSSR count). The first-order valence-electron chi connectivity index (χ1n) is 7.84. The van der Waals surface area contributed by atoms with Gasteiger partial charge in [0.15, 0.2) is 11.6 Å². The number of ketones is 2. The van der Waals surface area contributed by atoms with Gasteiger partial charge in [-0.25, -0.2) is 0 Å². The molecule has 124 valence electrons. The number of hydrogen-bond acceptors (Lipinski definition) is 4. The van der Waals surface area contributed by atoms with E-state index in [1.54, 1.807) is 0 Å². The Morgan fingerprint density at radius 1 is 0.864 bits per heavy atom. The highest BCUT2D eigenvalue weighted by atomic mass is 16.4. The lowest BCUT2D eigenvalue weighted by molar-refractivity contribution is -0.187. The lowest BCUT2D eigenvalue weighted by Gasteiger charge is -2.45. The second-order valence-corrected chi connectivity index (χ2v) is 5.97. The quantitative estimate of drug-likeness (QED) is 0.666. The molecule has 2 atom stereocenters. The van der Waals surface area contributed by atoms with Crippen molar-refractivity contribution in [3.63, 3.8) is 0 Å². The summed E-state index contributed by atoms with van der Waals surface area (Å²) in [6.45, 7) is 3.67. The summed E-state index contributed by atoms with van der Waals surface area (Å²) in [5.41, 5.74) is -4.25.